The zero-order valence-electron chi connectivity index (χ0n) is 16.2. The van der Waals surface area contributed by atoms with E-state index in [2.05, 4.69) is 39.3 Å². The Morgan fingerprint density at radius 2 is 1.80 bits per heavy atom. The lowest BCUT2D eigenvalue weighted by Gasteiger charge is -2.36. The monoisotopic (exact) mass is 469 g/mol. The second-order valence-electron chi connectivity index (χ2n) is 6.22. The summed E-state index contributed by atoms with van der Waals surface area (Å²) in [5.41, 5.74) is 0. The number of ether oxygens (including phenoxy) is 1. The molecule has 0 radical (unpaired) electrons. The number of piperazine rings is 1. The van der Waals surface area contributed by atoms with Crippen LogP contribution in [0.3, 0.4) is 0 Å². The first-order chi connectivity index (χ1) is 11.6. The fraction of sp³-hybridized carbons (Fsp3) is 0.882. The number of guanidine groups is 1. The van der Waals surface area contributed by atoms with Crippen molar-refractivity contribution in [2.45, 2.75) is 26.7 Å². The molecule has 1 saturated heterocycles. The van der Waals surface area contributed by atoms with Crippen molar-refractivity contribution in [3.63, 3.8) is 0 Å². The van der Waals surface area contributed by atoms with E-state index in [9.17, 15) is 4.79 Å². The molecule has 0 aromatic rings. The lowest BCUT2D eigenvalue weighted by Crippen LogP contribution is -2.54. The number of halogens is 1. The van der Waals surface area contributed by atoms with Crippen LogP contribution in [0.2, 0.25) is 0 Å². The maximum absolute atomic E-state index is 11.8. The molecule has 0 spiro atoms. The van der Waals surface area contributed by atoms with Crippen LogP contribution in [0, 0.1) is 5.92 Å². The topological polar surface area (TPSA) is 69.2 Å². The van der Waals surface area contributed by atoms with Crippen LogP contribution >= 0.6 is 24.0 Å². The highest BCUT2D eigenvalue weighted by molar-refractivity contribution is 14.0. The molecule has 1 rings (SSSR count). The number of amides is 1. The summed E-state index contributed by atoms with van der Waals surface area (Å²) in [5.74, 6) is 1.74. The summed E-state index contributed by atoms with van der Waals surface area (Å²) in [6.45, 7) is 10.6. The number of nitrogens with one attached hydrogen (secondary N) is 2. The van der Waals surface area contributed by atoms with Crippen LogP contribution in [0.1, 0.15) is 26.7 Å². The van der Waals surface area contributed by atoms with Crippen LogP contribution in [0.25, 0.3) is 0 Å². The molecule has 0 aromatic heterocycles. The van der Waals surface area contributed by atoms with Gasteiger partial charge in [0.25, 0.3) is 0 Å². The highest BCUT2D eigenvalue weighted by atomic mass is 127. The summed E-state index contributed by atoms with van der Waals surface area (Å²) in [6.07, 6.45) is 2.37. The third-order valence-electron chi connectivity index (χ3n) is 4.58. The SMILES string of the molecule is CCC(CC)CNC(=NC)N1CCN(CC(=O)NCCOC)CC1.I. The van der Waals surface area contributed by atoms with Gasteiger partial charge in [0.1, 0.15) is 0 Å². The largest absolute Gasteiger partial charge is 0.383 e. The molecule has 25 heavy (non-hydrogen) atoms. The molecule has 0 aromatic carbocycles. The maximum atomic E-state index is 11.8. The first-order valence-electron chi connectivity index (χ1n) is 9.08. The number of methoxy groups -OCH3 is 1. The molecule has 0 atom stereocenters. The average Bonchev–Trinajstić information content (AvgIpc) is 2.60. The van der Waals surface area contributed by atoms with Gasteiger partial charge in [-0.25, -0.2) is 0 Å². The van der Waals surface area contributed by atoms with Crippen LogP contribution in [-0.4, -0.2) is 88.2 Å². The minimum absolute atomic E-state index is 0. The van der Waals surface area contributed by atoms with E-state index in [1.54, 1.807) is 7.11 Å². The lowest BCUT2D eigenvalue weighted by molar-refractivity contribution is -0.122. The molecule has 1 aliphatic rings. The van der Waals surface area contributed by atoms with Crippen molar-refractivity contribution in [2.75, 3.05) is 66.6 Å². The van der Waals surface area contributed by atoms with Crippen molar-refractivity contribution in [2.24, 2.45) is 10.9 Å². The van der Waals surface area contributed by atoms with E-state index in [4.69, 9.17) is 4.74 Å². The van der Waals surface area contributed by atoms with E-state index in [1.165, 1.54) is 12.8 Å². The third kappa shape index (κ3) is 9.60. The average molecular weight is 469 g/mol. The Labute approximate surface area is 170 Å². The predicted octanol–water partition coefficient (Wildman–Crippen LogP) is 0.996. The normalized spacial score (nSPS) is 15.9. The van der Waals surface area contributed by atoms with Gasteiger partial charge in [0.2, 0.25) is 5.91 Å². The van der Waals surface area contributed by atoms with Crippen molar-refractivity contribution in [1.29, 1.82) is 0 Å². The zero-order chi connectivity index (χ0) is 17.8. The first-order valence-corrected chi connectivity index (χ1v) is 9.08. The zero-order valence-corrected chi connectivity index (χ0v) is 18.5. The van der Waals surface area contributed by atoms with Gasteiger partial charge in [0.15, 0.2) is 5.96 Å². The quantitative estimate of drug-likeness (QED) is 0.228. The van der Waals surface area contributed by atoms with Gasteiger partial charge in [-0.1, -0.05) is 26.7 Å². The molecule has 2 N–H and O–H groups in total. The Morgan fingerprint density at radius 1 is 1.16 bits per heavy atom. The van der Waals surface area contributed by atoms with Gasteiger partial charge in [0.05, 0.1) is 13.2 Å². The Kier molecular flexibility index (Phi) is 14.2. The van der Waals surface area contributed by atoms with Gasteiger partial charge < -0.3 is 20.3 Å². The number of carbonyl (C=O) groups excluding carboxylic acids is 1. The van der Waals surface area contributed by atoms with Crippen molar-refractivity contribution >= 4 is 35.8 Å². The summed E-state index contributed by atoms with van der Waals surface area (Å²) in [4.78, 5) is 20.7. The van der Waals surface area contributed by atoms with Crippen LogP contribution in [0.5, 0.6) is 0 Å². The van der Waals surface area contributed by atoms with Gasteiger partial charge in [-0.15, -0.1) is 24.0 Å². The van der Waals surface area contributed by atoms with Gasteiger partial charge in [-0.2, -0.15) is 0 Å². The van der Waals surface area contributed by atoms with Gasteiger partial charge in [0, 0.05) is 53.4 Å². The molecule has 1 aliphatic heterocycles. The fourth-order valence-corrected chi connectivity index (χ4v) is 2.81. The molecule has 8 heteroatoms. The molecule has 0 aliphatic carbocycles. The standard InChI is InChI=1S/C17H35N5O2.HI/c1-5-15(6-2)13-20-17(18-3)22-10-8-21(9-11-22)14-16(23)19-7-12-24-4;/h15H,5-14H2,1-4H3,(H,18,20)(H,19,23);1H. The van der Waals surface area contributed by atoms with E-state index in [0.29, 0.717) is 25.6 Å². The van der Waals surface area contributed by atoms with E-state index < -0.39 is 0 Å². The molecule has 1 fully saturated rings. The van der Waals surface area contributed by atoms with Crippen LogP contribution in [-0.2, 0) is 9.53 Å². The van der Waals surface area contributed by atoms with Crippen LogP contribution in [0.4, 0.5) is 0 Å². The second-order valence-corrected chi connectivity index (χ2v) is 6.22. The van der Waals surface area contributed by atoms with Gasteiger partial charge >= 0.3 is 0 Å². The summed E-state index contributed by atoms with van der Waals surface area (Å²) in [5, 5.41) is 6.36. The van der Waals surface area contributed by atoms with Crippen molar-refractivity contribution < 1.29 is 9.53 Å². The smallest absolute Gasteiger partial charge is 0.234 e. The minimum atomic E-state index is 0. The van der Waals surface area contributed by atoms with Crippen molar-refractivity contribution in [3.8, 4) is 0 Å². The van der Waals surface area contributed by atoms with Gasteiger partial charge in [-0.3, -0.25) is 14.7 Å². The molecular formula is C17H36IN5O2. The highest BCUT2D eigenvalue weighted by Crippen LogP contribution is 2.07. The Bertz CT molecular complexity index is 383. The molecule has 1 heterocycles. The Balaban J connectivity index is 0.00000576. The summed E-state index contributed by atoms with van der Waals surface area (Å²) < 4.78 is 4.94. The molecule has 1 amide bonds. The van der Waals surface area contributed by atoms with Crippen LogP contribution in [0.15, 0.2) is 4.99 Å². The van der Waals surface area contributed by atoms with E-state index in [0.717, 1.165) is 38.7 Å². The molecule has 0 unspecified atom stereocenters. The van der Waals surface area contributed by atoms with Gasteiger partial charge in [-0.05, 0) is 5.92 Å². The Morgan fingerprint density at radius 3 is 2.32 bits per heavy atom. The number of aliphatic imine (C=N–C) groups is 1. The number of carbonyl (C=O) groups is 1. The number of nitrogens with zero attached hydrogens (tertiary/aromatic N) is 3. The fourth-order valence-electron chi connectivity index (χ4n) is 2.81. The number of hydrogen-bond donors (Lipinski definition) is 2. The lowest BCUT2D eigenvalue weighted by atomic mass is 10.0. The maximum Gasteiger partial charge on any atom is 0.234 e. The highest BCUT2D eigenvalue weighted by Gasteiger charge is 2.21. The molecule has 0 saturated carbocycles. The van der Waals surface area contributed by atoms with E-state index in [-0.39, 0.29) is 29.9 Å². The molecule has 0 bridgehead atoms. The molecular weight excluding hydrogens is 433 g/mol. The van der Waals surface area contributed by atoms with E-state index in [1.807, 2.05) is 7.05 Å². The number of hydrogen-bond acceptors (Lipinski definition) is 4. The molecule has 7 nitrogen and oxygen atoms in total. The predicted molar refractivity (Wildman–Crippen MR) is 114 cm³/mol. The molecule has 148 valence electrons. The number of rotatable bonds is 9. The third-order valence-corrected chi connectivity index (χ3v) is 4.58. The minimum Gasteiger partial charge on any atom is -0.383 e. The summed E-state index contributed by atoms with van der Waals surface area (Å²) >= 11 is 0. The first kappa shape index (κ1) is 24.4. The van der Waals surface area contributed by atoms with Crippen molar-refractivity contribution in [1.82, 2.24) is 20.4 Å². The summed E-state index contributed by atoms with van der Waals surface area (Å²) in [6, 6.07) is 0. The Hall–Kier alpha value is -0.610. The van der Waals surface area contributed by atoms with Crippen molar-refractivity contribution in [3.05, 3.63) is 0 Å². The summed E-state index contributed by atoms with van der Waals surface area (Å²) in [7, 11) is 3.47. The van der Waals surface area contributed by atoms with Crippen LogP contribution < -0.4 is 10.6 Å². The second kappa shape index (κ2) is 14.5. The van der Waals surface area contributed by atoms with E-state index >= 15 is 0 Å².